The van der Waals surface area contributed by atoms with E-state index >= 15 is 0 Å². The van der Waals surface area contributed by atoms with Crippen molar-refractivity contribution in [3.63, 3.8) is 0 Å². The minimum Gasteiger partial charge on any atom is -0.411 e. The van der Waals surface area contributed by atoms with E-state index in [0.717, 1.165) is 17.7 Å². The summed E-state index contributed by atoms with van der Waals surface area (Å²) in [6.07, 6.45) is 1.00. The molecule has 3 heteroatoms. The number of hydrogen-bond acceptors (Lipinski definition) is 2. The lowest BCUT2D eigenvalue weighted by Gasteiger charge is -1.98. The first-order valence-electron chi connectivity index (χ1n) is 4.66. The Bertz CT molecular complexity index is 358. The Balaban J connectivity index is 2.10. The highest BCUT2D eigenvalue weighted by Gasteiger charge is 2.40. The predicted octanol–water partition coefficient (Wildman–Crippen LogP) is 2.78. The fourth-order valence-electron chi connectivity index (χ4n) is 1.81. The number of benzene rings is 1. The largest absolute Gasteiger partial charge is 0.411 e. The molecule has 0 unspecified atom stereocenters. The molecule has 1 aliphatic rings. The van der Waals surface area contributed by atoms with Crippen LogP contribution in [0.2, 0.25) is 0 Å². The zero-order chi connectivity index (χ0) is 10.1. The molecule has 0 amide bonds. The van der Waals surface area contributed by atoms with Gasteiger partial charge in [0.25, 0.3) is 0 Å². The first-order chi connectivity index (χ1) is 6.72. The van der Waals surface area contributed by atoms with Gasteiger partial charge in [0.1, 0.15) is 5.82 Å². The van der Waals surface area contributed by atoms with Gasteiger partial charge in [-0.1, -0.05) is 17.3 Å². The molecule has 1 saturated carbocycles. The van der Waals surface area contributed by atoms with Gasteiger partial charge in [-0.25, -0.2) is 4.39 Å². The molecule has 14 heavy (non-hydrogen) atoms. The van der Waals surface area contributed by atoms with Gasteiger partial charge in [-0.15, -0.1) is 0 Å². The van der Waals surface area contributed by atoms with E-state index in [-0.39, 0.29) is 5.82 Å². The van der Waals surface area contributed by atoms with Crippen LogP contribution in [0.3, 0.4) is 0 Å². The molecule has 1 aromatic carbocycles. The fraction of sp³-hybridized carbons (Fsp3) is 0.364. The summed E-state index contributed by atoms with van der Waals surface area (Å²) in [6.45, 7) is 1.81. The van der Waals surface area contributed by atoms with Crippen LogP contribution in [0.25, 0.3) is 0 Å². The highest BCUT2D eigenvalue weighted by atomic mass is 19.1. The van der Waals surface area contributed by atoms with Crippen LogP contribution in [-0.4, -0.2) is 10.9 Å². The third kappa shape index (κ3) is 1.62. The molecule has 0 radical (unpaired) electrons. The monoisotopic (exact) mass is 193 g/mol. The summed E-state index contributed by atoms with van der Waals surface area (Å²) >= 11 is 0. The van der Waals surface area contributed by atoms with E-state index in [2.05, 4.69) is 5.16 Å². The van der Waals surface area contributed by atoms with E-state index in [9.17, 15) is 4.39 Å². The van der Waals surface area contributed by atoms with Crippen molar-refractivity contribution in [3.05, 3.63) is 35.6 Å². The van der Waals surface area contributed by atoms with Crippen molar-refractivity contribution < 1.29 is 9.60 Å². The Kier molecular flexibility index (Phi) is 2.23. The van der Waals surface area contributed by atoms with E-state index in [1.165, 1.54) is 12.1 Å². The third-order valence-corrected chi connectivity index (χ3v) is 2.78. The van der Waals surface area contributed by atoms with Crippen LogP contribution in [0.4, 0.5) is 4.39 Å². The molecule has 1 N–H and O–H groups in total. The zero-order valence-electron chi connectivity index (χ0n) is 7.94. The Morgan fingerprint density at radius 3 is 2.64 bits per heavy atom. The molecule has 0 heterocycles. The van der Waals surface area contributed by atoms with Crippen LogP contribution < -0.4 is 0 Å². The van der Waals surface area contributed by atoms with Crippen LogP contribution in [0.1, 0.15) is 24.8 Å². The molecule has 0 spiro atoms. The lowest BCUT2D eigenvalue weighted by atomic mass is 10.1. The Morgan fingerprint density at radius 2 is 2.07 bits per heavy atom. The predicted molar refractivity (Wildman–Crippen MR) is 52.1 cm³/mol. The molecular weight excluding hydrogens is 181 g/mol. The second kappa shape index (κ2) is 3.40. The first-order valence-corrected chi connectivity index (χ1v) is 4.66. The van der Waals surface area contributed by atoms with Gasteiger partial charge in [0.05, 0.1) is 5.71 Å². The number of rotatable bonds is 2. The standard InChI is InChI=1S/C11H12FNO/c1-7(13-14)10-6-11(10)8-2-4-9(12)5-3-8/h2-5,10-11,14H,6H2,1H3/b13-7-/t10-,11+/m1/s1. The maximum Gasteiger partial charge on any atom is 0.123 e. The van der Waals surface area contributed by atoms with Crippen molar-refractivity contribution in [3.8, 4) is 0 Å². The van der Waals surface area contributed by atoms with Crippen LogP contribution >= 0.6 is 0 Å². The first kappa shape index (κ1) is 9.19. The molecular formula is C11H12FNO. The van der Waals surface area contributed by atoms with Gasteiger partial charge in [0, 0.05) is 5.92 Å². The van der Waals surface area contributed by atoms with Crippen LogP contribution in [0.15, 0.2) is 29.4 Å². The van der Waals surface area contributed by atoms with Gasteiger partial charge in [-0.3, -0.25) is 0 Å². The highest BCUT2D eigenvalue weighted by Crippen LogP contribution is 2.48. The molecule has 0 saturated heterocycles. The summed E-state index contributed by atoms with van der Waals surface area (Å²) in [5.74, 6) is 0.537. The minimum absolute atomic E-state index is 0.210. The quantitative estimate of drug-likeness (QED) is 0.437. The van der Waals surface area contributed by atoms with Crippen molar-refractivity contribution in [2.45, 2.75) is 19.3 Å². The fourth-order valence-corrected chi connectivity index (χ4v) is 1.81. The number of oxime groups is 1. The average molecular weight is 193 g/mol. The maximum atomic E-state index is 12.6. The zero-order valence-corrected chi connectivity index (χ0v) is 7.94. The summed E-state index contributed by atoms with van der Waals surface area (Å²) in [6, 6.07) is 6.53. The van der Waals surface area contributed by atoms with Crippen LogP contribution in [0, 0.1) is 11.7 Å². The molecule has 1 aliphatic carbocycles. The van der Waals surface area contributed by atoms with Gasteiger partial charge in [0.2, 0.25) is 0 Å². The van der Waals surface area contributed by atoms with E-state index in [4.69, 9.17) is 5.21 Å². The van der Waals surface area contributed by atoms with Crippen molar-refractivity contribution in [1.82, 2.24) is 0 Å². The van der Waals surface area contributed by atoms with Gasteiger partial charge >= 0.3 is 0 Å². The molecule has 0 aromatic heterocycles. The highest BCUT2D eigenvalue weighted by molar-refractivity contribution is 5.87. The molecule has 2 atom stereocenters. The van der Waals surface area contributed by atoms with Crippen LogP contribution in [-0.2, 0) is 0 Å². The molecule has 2 nitrogen and oxygen atoms in total. The molecule has 2 rings (SSSR count). The normalized spacial score (nSPS) is 26.3. The van der Waals surface area contributed by atoms with Gasteiger partial charge < -0.3 is 5.21 Å². The van der Waals surface area contributed by atoms with Gasteiger partial charge in [-0.05, 0) is 37.0 Å². The van der Waals surface area contributed by atoms with E-state index in [0.29, 0.717) is 11.8 Å². The van der Waals surface area contributed by atoms with E-state index < -0.39 is 0 Å². The molecule has 0 bridgehead atoms. The average Bonchev–Trinajstić information content (AvgIpc) is 2.98. The number of hydrogen-bond donors (Lipinski definition) is 1. The topological polar surface area (TPSA) is 32.6 Å². The van der Waals surface area contributed by atoms with Crippen molar-refractivity contribution >= 4 is 5.71 Å². The van der Waals surface area contributed by atoms with E-state index in [1.54, 1.807) is 12.1 Å². The Labute approximate surface area is 82.1 Å². The number of nitrogens with zero attached hydrogens (tertiary/aromatic N) is 1. The molecule has 74 valence electrons. The minimum atomic E-state index is -0.210. The van der Waals surface area contributed by atoms with Crippen molar-refractivity contribution in [2.75, 3.05) is 0 Å². The second-order valence-corrected chi connectivity index (χ2v) is 3.74. The summed E-state index contributed by atoms with van der Waals surface area (Å²) in [5, 5.41) is 11.8. The molecule has 1 aromatic rings. The van der Waals surface area contributed by atoms with Crippen molar-refractivity contribution in [1.29, 1.82) is 0 Å². The molecule has 1 fully saturated rings. The van der Waals surface area contributed by atoms with E-state index in [1.807, 2.05) is 6.92 Å². The lowest BCUT2D eigenvalue weighted by molar-refractivity contribution is 0.316. The smallest absolute Gasteiger partial charge is 0.123 e. The van der Waals surface area contributed by atoms with Crippen LogP contribution in [0.5, 0.6) is 0 Å². The summed E-state index contributed by atoms with van der Waals surface area (Å²) in [4.78, 5) is 0. The maximum absolute atomic E-state index is 12.6. The summed E-state index contributed by atoms with van der Waals surface area (Å²) < 4.78 is 12.6. The lowest BCUT2D eigenvalue weighted by Crippen LogP contribution is -1.96. The molecule has 0 aliphatic heterocycles. The third-order valence-electron chi connectivity index (χ3n) is 2.78. The number of halogens is 1. The van der Waals surface area contributed by atoms with Gasteiger partial charge in [0.15, 0.2) is 0 Å². The second-order valence-electron chi connectivity index (χ2n) is 3.74. The SMILES string of the molecule is C/C(=N/O)[C@H]1C[C@H]1c1ccc(F)cc1. The van der Waals surface area contributed by atoms with Gasteiger partial charge in [-0.2, -0.15) is 0 Å². The van der Waals surface area contributed by atoms with Crippen molar-refractivity contribution in [2.24, 2.45) is 11.1 Å². The Morgan fingerprint density at radius 1 is 1.43 bits per heavy atom. The summed E-state index contributed by atoms with van der Waals surface area (Å²) in [7, 11) is 0. The Hall–Kier alpha value is -1.38. The summed E-state index contributed by atoms with van der Waals surface area (Å²) in [5.41, 5.74) is 1.89.